The predicted molar refractivity (Wildman–Crippen MR) is 110 cm³/mol. The second-order valence-corrected chi connectivity index (χ2v) is 9.57. The molecule has 1 saturated carbocycles. The van der Waals surface area contributed by atoms with E-state index in [1.54, 1.807) is 23.1 Å². The lowest BCUT2D eigenvalue weighted by atomic mass is 10.1. The third kappa shape index (κ3) is 4.09. The van der Waals surface area contributed by atoms with Crippen molar-refractivity contribution in [1.82, 2.24) is 4.72 Å². The molecule has 5 nitrogen and oxygen atoms in total. The molecule has 2 aromatic carbocycles. The predicted octanol–water partition coefficient (Wildman–Crippen LogP) is 3.55. The third-order valence-electron chi connectivity index (χ3n) is 5.32. The smallest absolute Gasteiger partial charge is 0.240 e. The topological polar surface area (TPSA) is 66.5 Å². The van der Waals surface area contributed by atoms with Crippen molar-refractivity contribution in [2.45, 2.75) is 37.0 Å². The number of amides is 1. The molecule has 28 heavy (non-hydrogen) atoms. The van der Waals surface area contributed by atoms with E-state index in [0.717, 1.165) is 29.7 Å². The third-order valence-corrected chi connectivity index (χ3v) is 7.15. The second-order valence-electron chi connectivity index (χ2n) is 7.40. The van der Waals surface area contributed by atoms with Gasteiger partial charge in [0.05, 0.1) is 4.90 Å². The normalized spacial score (nSPS) is 16.2. The Hall–Kier alpha value is -1.89. The van der Waals surface area contributed by atoms with Crippen LogP contribution in [0.25, 0.3) is 0 Å². The summed E-state index contributed by atoms with van der Waals surface area (Å²) >= 11 is 6.13. The van der Waals surface area contributed by atoms with Gasteiger partial charge in [-0.05, 0) is 67.5 Å². The number of sulfonamides is 1. The summed E-state index contributed by atoms with van der Waals surface area (Å²) < 4.78 is 27.9. The first-order valence-corrected chi connectivity index (χ1v) is 11.5. The average molecular weight is 419 g/mol. The van der Waals surface area contributed by atoms with Gasteiger partial charge < -0.3 is 4.90 Å². The summed E-state index contributed by atoms with van der Waals surface area (Å²) in [6.45, 7) is 0.983. The summed E-state index contributed by atoms with van der Waals surface area (Å²) in [7, 11) is -3.57. The number of aryl methyl sites for hydroxylation is 1. The SMILES string of the molecule is O=C(C1CC1)N1CCc2cc(S(=O)(=O)NCCCc3ccccc3Cl)ccc21. The molecule has 1 heterocycles. The number of benzene rings is 2. The van der Waals surface area contributed by atoms with Crippen LogP contribution in [-0.4, -0.2) is 27.4 Å². The van der Waals surface area contributed by atoms with Crippen LogP contribution < -0.4 is 9.62 Å². The Morgan fingerprint density at radius 3 is 2.71 bits per heavy atom. The molecule has 148 valence electrons. The van der Waals surface area contributed by atoms with Crippen molar-refractivity contribution in [2.24, 2.45) is 5.92 Å². The number of fused-ring (bicyclic) bond motifs is 1. The highest BCUT2D eigenvalue weighted by atomic mass is 35.5. The lowest BCUT2D eigenvalue weighted by Gasteiger charge is -2.17. The lowest BCUT2D eigenvalue weighted by Crippen LogP contribution is -2.30. The first-order chi connectivity index (χ1) is 13.5. The summed E-state index contributed by atoms with van der Waals surface area (Å²) in [4.78, 5) is 14.4. The zero-order valence-electron chi connectivity index (χ0n) is 15.5. The summed E-state index contributed by atoms with van der Waals surface area (Å²) in [5.74, 6) is 0.334. The van der Waals surface area contributed by atoms with E-state index in [2.05, 4.69) is 4.72 Å². The number of hydrogen-bond donors (Lipinski definition) is 1. The maximum atomic E-state index is 12.6. The molecular formula is C21H23ClN2O3S. The molecule has 0 aromatic heterocycles. The molecule has 0 saturated heterocycles. The van der Waals surface area contributed by atoms with Gasteiger partial charge in [0.1, 0.15) is 0 Å². The standard InChI is InChI=1S/C21H23ClN2O3S/c22-19-6-2-1-4-15(19)5-3-12-23-28(26,27)18-9-10-20-17(14-18)11-13-24(20)21(25)16-7-8-16/h1-2,4,6,9-10,14,16,23H,3,5,7-8,11-13H2. The fourth-order valence-corrected chi connectivity index (χ4v) is 4.95. The molecular weight excluding hydrogens is 396 g/mol. The number of anilines is 1. The highest BCUT2D eigenvalue weighted by Crippen LogP contribution is 2.37. The van der Waals surface area contributed by atoms with Crippen molar-refractivity contribution in [1.29, 1.82) is 0 Å². The molecule has 1 amide bonds. The highest BCUT2D eigenvalue weighted by molar-refractivity contribution is 7.89. The zero-order valence-corrected chi connectivity index (χ0v) is 17.1. The number of rotatable bonds is 7. The van der Waals surface area contributed by atoms with Crippen LogP contribution in [-0.2, 0) is 27.7 Å². The summed E-state index contributed by atoms with van der Waals surface area (Å²) in [6.07, 6.45) is 4.01. The number of nitrogens with one attached hydrogen (secondary N) is 1. The van der Waals surface area contributed by atoms with Crippen molar-refractivity contribution in [3.05, 3.63) is 58.6 Å². The maximum Gasteiger partial charge on any atom is 0.240 e. The fourth-order valence-electron chi connectivity index (χ4n) is 3.59. The van der Waals surface area contributed by atoms with E-state index >= 15 is 0 Å². The summed E-state index contributed by atoms with van der Waals surface area (Å²) in [5.41, 5.74) is 2.80. The quantitative estimate of drug-likeness (QED) is 0.699. The average Bonchev–Trinajstić information content (AvgIpc) is 3.45. The van der Waals surface area contributed by atoms with Gasteiger partial charge in [-0.15, -0.1) is 0 Å². The largest absolute Gasteiger partial charge is 0.312 e. The molecule has 0 atom stereocenters. The van der Waals surface area contributed by atoms with Crippen molar-refractivity contribution in [3.8, 4) is 0 Å². The second kappa shape index (κ2) is 7.85. The molecule has 4 rings (SSSR count). The molecule has 1 N–H and O–H groups in total. The monoisotopic (exact) mass is 418 g/mol. The van der Waals surface area contributed by atoms with Crippen molar-refractivity contribution >= 4 is 33.2 Å². The molecule has 1 fully saturated rings. The van der Waals surface area contributed by atoms with Gasteiger partial charge in [-0.25, -0.2) is 13.1 Å². The number of hydrogen-bond acceptors (Lipinski definition) is 3. The maximum absolute atomic E-state index is 12.6. The lowest BCUT2D eigenvalue weighted by molar-refractivity contribution is -0.119. The molecule has 2 aliphatic rings. The van der Waals surface area contributed by atoms with E-state index in [1.165, 1.54) is 0 Å². The van der Waals surface area contributed by atoms with Crippen molar-refractivity contribution < 1.29 is 13.2 Å². The van der Waals surface area contributed by atoms with Gasteiger partial charge in [-0.1, -0.05) is 29.8 Å². The Bertz CT molecular complexity index is 1000. The molecule has 1 aliphatic carbocycles. The Labute approximate surface area is 170 Å². The highest BCUT2D eigenvalue weighted by Gasteiger charge is 2.36. The molecule has 1 aliphatic heterocycles. The molecule has 7 heteroatoms. The molecule has 2 aromatic rings. The molecule has 0 radical (unpaired) electrons. The minimum Gasteiger partial charge on any atom is -0.312 e. The van der Waals surface area contributed by atoms with Crippen LogP contribution in [0.15, 0.2) is 47.4 Å². The zero-order chi connectivity index (χ0) is 19.7. The van der Waals surface area contributed by atoms with E-state index in [4.69, 9.17) is 11.6 Å². The van der Waals surface area contributed by atoms with Crippen LogP contribution in [0.1, 0.15) is 30.4 Å². The fraction of sp³-hybridized carbons (Fsp3) is 0.381. The Morgan fingerprint density at radius 2 is 1.96 bits per heavy atom. The van der Waals surface area contributed by atoms with Crippen LogP contribution in [0.3, 0.4) is 0 Å². The Balaban J connectivity index is 1.38. The van der Waals surface area contributed by atoms with Crippen LogP contribution in [0.5, 0.6) is 0 Å². The van der Waals surface area contributed by atoms with E-state index < -0.39 is 10.0 Å². The van der Waals surface area contributed by atoms with Crippen molar-refractivity contribution in [2.75, 3.05) is 18.0 Å². The van der Waals surface area contributed by atoms with Crippen LogP contribution >= 0.6 is 11.6 Å². The Kier molecular flexibility index (Phi) is 5.45. The van der Waals surface area contributed by atoms with Gasteiger partial charge in [0.2, 0.25) is 15.9 Å². The van der Waals surface area contributed by atoms with Gasteiger partial charge in [0, 0.05) is 29.7 Å². The molecule has 0 spiro atoms. The number of carbonyl (C=O) groups excluding carboxylic acids is 1. The summed E-state index contributed by atoms with van der Waals surface area (Å²) in [6, 6.07) is 12.6. The van der Waals surface area contributed by atoms with Gasteiger partial charge in [-0.2, -0.15) is 0 Å². The van der Waals surface area contributed by atoms with Gasteiger partial charge >= 0.3 is 0 Å². The number of halogens is 1. The number of carbonyl (C=O) groups is 1. The van der Waals surface area contributed by atoms with E-state index in [0.29, 0.717) is 37.4 Å². The van der Waals surface area contributed by atoms with Gasteiger partial charge in [-0.3, -0.25) is 4.79 Å². The van der Waals surface area contributed by atoms with Crippen LogP contribution in [0.2, 0.25) is 5.02 Å². The van der Waals surface area contributed by atoms with Crippen molar-refractivity contribution in [3.63, 3.8) is 0 Å². The summed E-state index contributed by atoms with van der Waals surface area (Å²) in [5, 5.41) is 0.703. The Morgan fingerprint density at radius 1 is 1.18 bits per heavy atom. The van der Waals surface area contributed by atoms with Gasteiger partial charge in [0.25, 0.3) is 0 Å². The minimum atomic E-state index is -3.57. The van der Waals surface area contributed by atoms with Crippen LogP contribution in [0, 0.1) is 5.92 Å². The first kappa shape index (κ1) is 19.4. The van der Waals surface area contributed by atoms with E-state index in [1.807, 2.05) is 24.3 Å². The molecule has 0 bridgehead atoms. The van der Waals surface area contributed by atoms with Crippen LogP contribution in [0.4, 0.5) is 5.69 Å². The van der Waals surface area contributed by atoms with E-state index in [9.17, 15) is 13.2 Å². The molecule has 0 unspecified atom stereocenters. The first-order valence-electron chi connectivity index (χ1n) is 9.63. The van der Waals surface area contributed by atoms with Gasteiger partial charge in [0.15, 0.2) is 0 Å². The minimum absolute atomic E-state index is 0.161. The van der Waals surface area contributed by atoms with E-state index in [-0.39, 0.29) is 16.7 Å². The number of nitrogens with zero attached hydrogens (tertiary/aromatic N) is 1.